The molecule has 0 amide bonds. The number of fused-ring (bicyclic) bond motifs is 1. The molecule has 124 valence electrons. The zero-order valence-electron chi connectivity index (χ0n) is 13.8. The van der Waals surface area contributed by atoms with Crippen molar-refractivity contribution in [3.8, 4) is 5.75 Å². The van der Waals surface area contributed by atoms with Gasteiger partial charge < -0.3 is 14.2 Å². The van der Waals surface area contributed by atoms with Crippen molar-refractivity contribution in [3.05, 3.63) is 65.1 Å². The Bertz CT molecular complexity index is 866. The molecule has 0 aliphatic carbocycles. The van der Waals surface area contributed by atoms with Gasteiger partial charge in [-0.15, -0.1) is 0 Å². The van der Waals surface area contributed by atoms with Crippen LogP contribution in [0.25, 0.3) is 5.65 Å². The number of hydrogen-bond acceptors (Lipinski definition) is 3. The lowest BCUT2D eigenvalue weighted by Gasteiger charge is -2.05. The maximum Gasteiger partial charge on any atom is 0.309 e. The van der Waals surface area contributed by atoms with Crippen LogP contribution in [-0.4, -0.2) is 27.6 Å². The van der Waals surface area contributed by atoms with Crippen molar-refractivity contribution < 1.29 is 14.6 Å². The van der Waals surface area contributed by atoms with Gasteiger partial charge in [0.05, 0.1) is 24.9 Å². The Hall–Kier alpha value is -2.82. The fourth-order valence-electron chi connectivity index (χ4n) is 2.86. The van der Waals surface area contributed by atoms with E-state index >= 15 is 0 Å². The number of aliphatic carboxylic acids is 1. The highest BCUT2D eigenvalue weighted by Crippen LogP contribution is 2.24. The smallest absolute Gasteiger partial charge is 0.309 e. The summed E-state index contributed by atoms with van der Waals surface area (Å²) in [6, 6.07) is 12.0. The number of aromatic nitrogens is 2. The number of carboxylic acid groups (broad SMARTS) is 1. The molecule has 5 nitrogen and oxygen atoms in total. The van der Waals surface area contributed by atoms with Crippen molar-refractivity contribution in [1.29, 1.82) is 0 Å². The van der Waals surface area contributed by atoms with Gasteiger partial charge in [0.15, 0.2) is 11.4 Å². The number of hydrogen-bond donors (Lipinski definition) is 1. The van der Waals surface area contributed by atoms with Gasteiger partial charge in [0, 0.05) is 12.6 Å². The molecule has 0 aliphatic heterocycles. The molecule has 0 atom stereocenters. The molecule has 0 unspecified atom stereocenters. The first-order valence-corrected chi connectivity index (χ1v) is 7.94. The number of aryl methyl sites for hydroxylation is 1. The predicted molar refractivity (Wildman–Crippen MR) is 91.7 cm³/mol. The minimum atomic E-state index is -0.873. The highest BCUT2D eigenvalue weighted by molar-refractivity contribution is 5.71. The molecule has 0 aliphatic rings. The van der Waals surface area contributed by atoms with E-state index in [0.717, 1.165) is 17.7 Å². The SMILES string of the molecule is CCc1ccc(Cc2nc3c(OC)cccn3c2CC(=O)O)cc1. The Morgan fingerprint density at radius 2 is 1.92 bits per heavy atom. The molecule has 24 heavy (non-hydrogen) atoms. The summed E-state index contributed by atoms with van der Waals surface area (Å²) in [7, 11) is 1.59. The standard InChI is InChI=1S/C19H20N2O3/c1-3-13-6-8-14(9-7-13)11-15-16(12-18(22)23)21-10-4-5-17(24-2)19(21)20-15/h4-10H,3,11-12H2,1-2H3,(H,22,23). The van der Waals surface area contributed by atoms with Gasteiger partial charge in [0.1, 0.15) is 0 Å². The normalized spacial score (nSPS) is 10.9. The van der Waals surface area contributed by atoms with Gasteiger partial charge >= 0.3 is 5.97 Å². The summed E-state index contributed by atoms with van der Waals surface area (Å²) >= 11 is 0. The molecule has 2 heterocycles. The quantitative estimate of drug-likeness (QED) is 0.756. The number of rotatable bonds is 6. The second kappa shape index (κ2) is 6.74. The Morgan fingerprint density at radius 1 is 1.21 bits per heavy atom. The molecule has 0 bridgehead atoms. The third-order valence-corrected chi connectivity index (χ3v) is 4.14. The van der Waals surface area contributed by atoms with E-state index in [2.05, 4.69) is 36.2 Å². The van der Waals surface area contributed by atoms with Crippen molar-refractivity contribution in [1.82, 2.24) is 9.38 Å². The first-order valence-electron chi connectivity index (χ1n) is 7.94. The van der Waals surface area contributed by atoms with Crippen LogP contribution in [0.1, 0.15) is 29.4 Å². The average molecular weight is 324 g/mol. The first-order chi connectivity index (χ1) is 11.6. The zero-order chi connectivity index (χ0) is 17.1. The number of pyridine rings is 1. The molecule has 1 N–H and O–H groups in total. The summed E-state index contributed by atoms with van der Waals surface area (Å²) in [5, 5.41) is 9.26. The van der Waals surface area contributed by atoms with Gasteiger partial charge in [-0.05, 0) is 29.7 Å². The summed E-state index contributed by atoms with van der Waals surface area (Å²) in [6.07, 6.45) is 3.34. The molecule has 3 rings (SSSR count). The lowest BCUT2D eigenvalue weighted by atomic mass is 10.0. The van der Waals surface area contributed by atoms with E-state index in [0.29, 0.717) is 23.5 Å². The third-order valence-electron chi connectivity index (χ3n) is 4.14. The van der Waals surface area contributed by atoms with Crippen LogP contribution < -0.4 is 4.74 Å². The highest BCUT2D eigenvalue weighted by Gasteiger charge is 2.17. The molecule has 3 aromatic rings. The van der Waals surface area contributed by atoms with E-state index in [1.165, 1.54) is 5.56 Å². The zero-order valence-corrected chi connectivity index (χ0v) is 13.8. The van der Waals surface area contributed by atoms with Gasteiger partial charge in [-0.25, -0.2) is 4.98 Å². The van der Waals surface area contributed by atoms with Gasteiger partial charge in [-0.1, -0.05) is 31.2 Å². The van der Waals surface area contributed by atoms with Crippen molar-refractivity contribution in [3.63, 3.8) is 0 Å². The molecular weight excluding hydrogens is 304 g/mol. The van der Waals surface area contributed by atoms with Gasteiger partial charge in [0.2, 0.25) is 0 Å². The van der Waals surface area contributed by atoms with E-state index in [-0.39, 0.29) is 6.42 Å². The lowest BCUT2D eigenvalue weighted by Crippen LogP contribution is -2.06. The van der Waals surface area contributed by atoms with Crippen LogP contribution in [0.5, 0.6) is 5.75 Å². The monoisotopic (exact) mass is 324 g/mol. The molecule has 1 aromatic carbocycles. The second-order valence-electron chi connectivity index (χ2n) is 5.69. The molecule has 2 aromatic heterocycles. The largest absolute Gasteiger partial charge is 0.493 e. The highest BCUT2D eigenvalue weighted by atomic mass is 16.5. The van der Waals surface area contributed by atoms with Gasteiger partial charge in [0.25, 0.3) is 0 Å². The topological polar surface area (TPSA) is 63.8 Å². The molecule has 0 radical (unpaired) electrons. The Kier molecular flexibility index (Phi) is 4.51. The summed E-state index contributed by atoms with van der Waals surface area (Å²) in [5.74, 6) is -0.237. The lowest BCUT2D eigenvalue weighted by molar-refractivity contribution is -0.136. The number of ether oxygens (including phenoxy) is 1. The summed E-state index contributed by atoms with van der Waals surface area (Å²) in [4.78, 5) is 15.9. The van der Waals surface area contributed by atoms with Crippen molar-refractivity contribution in [2.45, 2.75) is 26.2 Å². The van der Waals surface area contributed by atoms with Crippen molar-refractivity contribution >= 4 is 11.6 Å². The number of carboxylic acids is 1. The van der Waals surface area contributed by atoms with Crippen LogP contribution in [0.3, 0.4) is 0 Å². The number of imidazole rings is 1. The Balaban J connectivity index is 2.05. The molecule has 0 fully saturated rings. The molecule has 0 spiro atoms. The fourth-order valence-corrected chi connectivity index (χ4v) is 2.86. The number of carbonyl (C=O) groups is 1. The van der Waals surface area contributed by atoms with E-state index in [9.17, 15) is 9.90 Å². The summed E-state index contributed by atoms with van der Waals surface area (Å²) < 4.78 is 7.16. The van der Waals surface area contributed by atoms with Gasteiger partial charge in [-0.3, -0.25) is 4.79 Å². The average Bonchev–Trinajstić information content (AvgIpc) is 2.92. The van der Waals surface area contributed by atoms with Crippen LogP contribution in [0, 0.1) is 0 Å². The maximum atomic E-state index is 11.3. The summed E-state index contributed by atoms with van der Waals surface area (Å²) in [6.45, 7) is 2.12. The van der Waals surface area contributed by atoms with Crippen molar-refractivity contribution in [2.75, 3.05) is 7.11 Å². The van der Waals surface area contributed by atoms with E-state index < -0.39 is 5.97 Å². The van der Waals surface area contributed by atoms with Crippen LogP contribution >= 0.6 is 0 Å². The first kappa shape index (κ1) is 16.1. The van der Waals surface area contributed by atoms with Gasteiger partial charge in [-0.2, -0.15) is 0 Å². The summed E-state index contributed by atoms with van der Waals surface area (Å²) in [5.41, 5.74) is 4.50. The molecule has 5 heteroatoms. The third kappa shape index (κ3) is 3.11. The number of methoxy groups -OCH3 is 1. The van der Waals surface area contributed by atoms with Crippen LogP contribution in [0.15, 0.2) is 42.6 Å². The Morgan fingerprint density at radius 3 is 2.54 bits per heavy atom. The van der Waals surface area contributed by atoms with Crippen LogP contribution in [-0.2, 0) is 24.1 Å². The molecule has 0 saturated heterocycles. The van der Waals surface area contributed by atoms with Crippen LogP contribution in [0.2, 0.25) is 0 Å². The number of benzene rings is 1. The van der Waals surface area contributed by atoms with Crippen molar-refractivity contribution in [2.24, 2.45) is 0 Å². The van der Waals surface area contributed by atoms with Crippen LogP contribution in [0.4, 0.5) is 0 Å². The predicted octanol–water partition coefficient (Wildman–Crippen LogP) is 3.12. The maximum absolute atomic E-state index is 11.3. The molecule has 0 saturated carbocycles. The van der Waals surface area contributed by atoms with E-state index in [1.54, 1.807) is 7.11 Å². The minimum absolute atomic E-state index is 0.0727. The Labute approximate surface area is 140 Å². The van der Waals surface area contributed by atoms with E-state index in [1.807, 2.05) is 22.7 Å². The molecular formula is C19H20N2O3. The van der Waals surface area contributed by atoms with E-state index in [4.69, 9.17) is 4.74 Å². The minimum Gasteiger partial charge on any atom is -0.493 e. The number of nitrogens with zero attached hydrogens (tertiary/aromatic N) is 2. The fraction of sp³-hybridized carbons (Fsp3) is 0.263. The second-order valence-corrected chi connectivity index (χ2v) is 5.69.